The zero-order chi connectivity index (χ0) is 30.7. The molecule has 0 N–H and O–H groups in total. The van der Waals surface area contributed by atoms with Gasteiger partial charge in [-0.3, -0.25) is 0 Å². The van der Waals surface area contributed by atoms with Crippen molar-refractivity contribution in [3.8, 4) is 0 Å². The molecular formula is C34H56BF4P2Rh-. The quantitative estimate of drug-likeness (QED) is 0.119. The minimum atomic E-state index is -6.00. The maximum atomic E-state index is 9.75. The average molecular weight is 716 g/mol. The maximum absolute atomic E-state index is 9.75. The maximum Gasteiger partial charge on any atom is 0.673 e. The van der Waals surface area contributed by atoms with Crippen molar-refractivity contribution in [3.63, 3.8) is 0 Å². The van der Waals surface area contributed by atoms with E-state index in [1.807, 2.05) is 10.6 Å². The Morgan fingerprint density at radius 2 is 0.738 bits per heavy atom. The van der Waals surface area contributed by atoms with Gasteiger partial charge in [-0.2, -0.15) is 0 Å². The van der Waals surface area contributed by atoms with Crippen LogP contribution in [0.15, 0.2) is 48.6 Å². The van der Waals surface area contributed by atoms with Crippen LogP contribution in [0.4, 0.5) is 17.3 Å². The molecular weight excluding hydrogens is 660 g/mol. The van der Waals surface area contributed by atoms with E-state index >= 15 is 0 Å². The molecule has 0 bridgehead atoms. The van der Waals surface area contributed by atoms with Crippen LogP contribution in [0.3, 0.4) is 0 Å². The Hall–Kier alpha value is -0.0317. The molecule has 0 spiro atoms. The summed E-state index contributed by atoms with van der Waals surface area (Å²) in [6, 6.07) is 9.86. The predicted octanol–water partition coefficient (Wildman–Crippen LogP) is 11.6. The first-order valence-electron chi connectivity index (χ1n) is 16.1. The van der Waals surface area contributed by atoms with E-state index < -0.39 is 7.25 Å². The van der Waals surface area contributed by atoms with Gasteiger partial charge in [-0.05, 0) is 108 Å². The summed E-state index contributed by atoms with van der Waals surface area (Å²) in [6.07, 6.45) is 19.8. The number of halogens is 4. The molecule has 2 fully saturated rings. The van der Waals surface area contributed by atoms with E-state index in [0.29, 0.717) is 0 Å². The average Bonchev–Trinajstić information content (AvgIpc) is 3.48. The van der Waals surface area contributed by atoms with Crippen LogP contribution in [0, 0.1) is 23.7 Å². The van der Waals surface area contributed by atoms with Crippen LogP contribution < -0.4 is 10.6 Å². The summed E-state index contributed by atoms with van der Waals surface area (Å²) in [5.74, 6) is 3.28. The van der Waals surface area contributed by atoms with E-state index in [-0.39, 0.29) is 35.3 Å². The second kappa shape index (κ2) is 19.5. The smallest absolute Gasteiger partial charge is 0.418 e. The first-order valence-corrected chi connectivity index (χ1v) is 19.0. The van der Waals surface area contributed by atoms with Gasteiger partial charge < -0.3 is 17.3 Å². The standard InChI is InChI=1S/C26H44P2.C8H12.BF4.Rh/c1-17(2)21-13-14-22(18(3)4)27(21)25-11-9-10-12-26(25)28-23(19(5)6)15-16-24(28)20(7)8;1-2-4-6-8-7-5-3-1;2-1(3,4)5;/h9-12,17-24H,13-16H2,1-8H3;1-2,7-8H,3-6H2;;/q;;-1;. The van der Waals surface area contributed by atoms with E-state index in [9.17, 15) is 17.3 Å². The number of rotatable bonds is 6. The van der Waals surface area contributed by atoms with Gasteiger partial charge in [-0.1, -0.05) is 120 Å². The van der Waals surface area contributed by atoms with Crippen LogP contribution in [-0.2, 0) is 19.5 Å². The van der Waals surface area contributed by atoms with Gasteiger partial charge in [0.1, 0.15) is 0 Å². The summed E-state index contributed by atoms with van der Waals surface area (Å²) in [7, 11) is -6.09. The van der Waals surface area contributed by atoms with Crippen LogP contribution >= 0.6 is 15.8 Å². The second-order valence-electron chi connectivity index (χ2n) is 13.3. The van der Waals surface area contributed by atoms with Crippen molar-refractivity contribution in [3.05, 3.63) is 48.6 Å². The minimum Gasteiger partial charge on any atom is -0.418 e. The molecule has 2 aliphatic heterocycles. The fraction of sp³-hybridized carbons (Fsp3) is 0.706. The molecule has 8 heteroatoms. The monoisotopic (exact) mass is 716 g/mol. The third-order valence-corrected chi connectivity index (χ3v) is 17.1. The van der Waals surface area contributed by atoms with Gasteiger partial charge in [0.15, 0.2) is 0 Å². The molecule has 1 aliphatic carbocycles. The van der Waals surface area contributed by atoms with E-state index in [4.69, 9.17) is 0 Å². The largest absolute Gasteiger partial charge is 0.673 e. The molecule has 2 heterocycles. The number of hydrogen-bond donors (Lipinski definition) is 0. The van der Waals surface area contributed by atoms with Gasteiger partial charge in [0, 0.05) is 19.5 Å². The van der Waals surface area contributed by atoms with E-state index in [1.165, 1.54) is 51.4 Å². The third kappa shape index (κ3) is 12.8. The Kier molecular flexibility index (Phi) is 18.5. The summed E-state index contributed by atoms with van der Waals surface area (Å²) >= 11 is 0. The zero-order valence-electron chi connectivity index (χ0n) is 27.2. The third-order valence-electron chi connectivity index (χ3n) is 8.80. The molecule has 4 atom stereocenters. The van der Waals surface area contributed by atoms with Crippen LogP contribution in [0.25, 0.3) is 0 Å². The SMILES string of the molecule is C1=CCCC=CCC1.CC(C)C1CCC(C(C)C)P1c1ccccc1P1C(C(C)C)CCC1C(C)C.F[B-](F)(F)F.[Rh]. The summed E-state index contributed by atoms with van der Waals surface area (Å²) in [4.78, 5) is 0. The molecule has 4 rings (SSSR count). The van der Waals surface area contributed by atoms with Crippen molar-refractivity contribution < 1.29 is 36.7 Å². The van der Waals surface area contributed by atoms with Crippen LogP contribution in [0.5, 0.6) is 0 Å². The van der Waals surface area contributed by atoms with Crippen molar-refractivity contribution >= 4 is 33.7 Å². The van der Waals surface area contributed by atoms with Gasteiger partial charge >= 0.3 is 7.25 Å². The van der Waals surface area contributed by atoms with E-state index in [2.05, 4.69) is 104 Å². The Labute approximate surface area is 271 Å². The molecule has 0 nitrogen and oxygen atoms in total. The Bertz CT molecular complexity index is 829. The fourth-order valence-corrected chi connectivity index (χ4v) is 15.4. The minimum absolute atomic E-state index is 0. The number of benzene rings is 1. The predicted molar refractivity (Wildman–Crippen MR) is 179 cm³/mol. The second-order valence-corrected chi connectivity index (χ2v) is 18.5. The Morgan fingerprint density at radius 1 is 0.524 bits per heavy atom. The van der Waals surface area contributed by atoms with Gasteiger partial charge in [0.25, 0.3) is 0 Å². The van der Waals surface area contributed by atoms with Crippen molar-refractivity contribution in [2.24, 2.45) is 23.7 Å². The number of hydrogen-bond acceptors (Lipinski definition) is 0. The molecule has 0 saturated carbocycles. The molecule has 1 radical (unpaired) electrons. The Balaban J connectivity index is 0.000000522. The van der Waals surface area contributed by atoms with Crippen LogP contribution in [-0.4, -0.2) is 29.9 Å². The van der Waals surface area contributed by atoms with Crippen LogP contribution in [0.2, 0.25) is 0 Å². The molecule has 243 valence electrons. The Morgan fingerprint density at radius 3 is 0.929 bits per heavy atom. The fourth-order valence-electron chi connectivity index (χ4n) is 6.82. The van der Waals surface area contributed by atoms with Gasteiger partial charge in [-0.15, -0.1) is 0 Å². The van der Waals surface area contributed by atoms with Crippen molar-refractivity contribution in [2.45, 2.75) is 129 Å². The summed E-state index contributed by atoms with van der Waals surface area (Å²) in [5, 5.41) is 3.66. The van der Waals surface area contributed by atoms with Gasteiger partial charge in [0.2, 0.25) is 0 Å². The molecule has 1 aromatic carbocycles. The molecule has 42 heavy (non-hydrogen) atoms. The topological polar surface area (TPSA) is 0 Å². The van der Waals surface area contributed by atoms with Crippen molar-refractivity contribution in [2.75, 3.05) is 0 Å². The first kappa shape index (κ1) is 40.0. The zero-order valence-corrected chi connectivity index (χ0v) is 30.6. The summed E-state index contributed by atoms with van der Waals surface area (Å²) in [5.41, 5.74) is 3.71. The normalized spacial score (nSPS) is 27.7. The first-order chi connectivity index (χ1) is 19.2. The summed E-state index contributed by atoms with van der Waals surface area (Å²) < 4.78 is 39.0. The molecule has 1 aromatic rings. The van der Waals surface area contributed by atoms with E-state index in [1.54, 1.807) is 0 Å². The van der Waals surface area contributed by atoms with Crippen molar-refractivity contribution in [1.29, 1.82) is 0 Å². The van der Waals surface area contributed by atoms with Crippen molar-refractivity contribution in [1.82, 2.24) is 0 Å². The molecule has 4 unspecified atom stereocenters. The molecule has 0 aromatic heterocycles. The molecule has 3 aliphatic rings. The van der Waals surface area contributed by atoms with E-state index in [0.717, 1.165) is 46.3 Å². The molecule has 2 saturated heterocycles. The summed E-state index contributed by atoms with van der Waals surface area (Å²) in [6.45, 7) is 19.9. The van der Waals surface area contributed by atoms with Crippen LogP contribution in [0.1, 0.15) is 107 Å². The number of allylic oxidation sites excluding steroid dienone is 4. The molecule has 0 amide bonds. The van der Waals surface area contributed by atoms with Gasteiger partial charge in [-0.25, -0.2) is 0 Å². The van der Waals surface area contributed by atoms with Gasteiger partial charge in [0.05, 0.1) is 0 Å².